The number of aliphatic carboxylic acids is 2. The van der Waals surface area contributed by atoms with E-state index in [0.29, 0.717) is 30.1 Å². The van der Waals surface area contributed by atoms with Crippen molar-refractivity contribution in [3.05, 3.63) is 54.1 Å². The van der Waals surface area contributed by atoms with Crippen molar-refractivity contribution in [3.8, 4) is 5.75 Å². The number of sulfonamides is 1. The van der Waals surface area contributed by atoms with E-state index in [0.717, 1.165) is 0 Å². The molecule has 12 nitrogen and oxygen atoms in total. The number of methoxy groups -OCH3 is 1. The molecule has 1 saturated heterocycles. The lowest BCUT2D eigenvalue weighted by Crippen LogP contribution is -2.50. The number of carboxylic acids is 2. The largest absolute Gasteiger partial charge is 0.497 e. The summed E-state index contributed by atoms with van der Waals surface area (Å²) < 4.78 is 32.3. The monoisotopic (exact) mass is 507 g/mol. The van der Waals surface area contributed by atoms with Gasteiger partial charge >= 0.3 is 11.9 Å². The van der Waals surface area contributed by atoms with Gasteiger partial charge in [0.2, 0.25) is 15.9 Å². The number of rotatable bonds is 5. The van der Waals surface area contributed by atoms with Crippen molar-refractivity contribution in [2.24, 2.45) is 0 Å². The Kier molecular flexibility index (Phi) is 9.31. The second kappa shape index (κ2) is 11.9. The fourth-order valence-corrected chi connectivity index (χ4v) is 4.55. The van der Waals surface area contributed by atoms with Gasteiger partial charge in [-0.3, -0.25) is 9.59 Å². The number of piperazine rings is 1. The van der Waals surface area contributed by atoms with Crippen LogP contribution < -0.4 is 10.1 Å². The molecule has 0 aromatic heterocycles. The number of nitrogens with one attached hydrogen (secondary N) is 1. The van der Waals surface area contributed by atoms with Gasteiger partial charge in [-0.15, -0.1) is 0 Å². The van der Waals surface area contributed by atoms with Crippen LogP contribution in [0.2, 0.25) is 0 Å². The highest BCUT2D eigenvalue weighted by molar-refractivity contribution is 7.89. The SMILES string of the molecule is COc1cccc(C(=O)N2CCN(S(=O)(=O)c3ccc(NC(C)=O)cc3)CC2)c1.O=C(O)C(=O)O. The number of carboxylic acid groups (broad SMARTS) is 2. The normalized spacial score (nSPS) is 13.7. The van der Waals surface area contributed by atoms with E-state index >= 15 is 0 Å². The zero-order chi connectivity index (χ0) is 26.2. The van der Waals surface area contributed by atoms with Crippen LogP contribution in [0.5, 0.6) is 5.75 Å². The molecule has 0 bridgehead atoms. The highest BCUT2D eigenvalue weighted by atomic mass is 32.2. The predicted octanol–water partition coefficient (Wildman–Crippen LogP) is 0.956. The molecule has 3 N–H and O–H groups in total. The van der Waals surface area contributed by atoms with E-state index in [1.165, 1.54) is 30.5 Å². The molecular formula is C22H25N3O9S. The van der Waals surface area contributed by atoms with Gasteiger partial charge in [-0.05, 0) is 42.5 Å². The molecule has 0 radical (unpaired) electrons. The third-order valence-corrected chi connectivity index (χ3v) is 6.75. The molecule has 35 heavy (non-hydrogen) atoms. The summed E-state index contributed by atoms with van der Waals surface area (Å²) in [6.45, 7) is 2.42. The molecule has 1 heterocycles. The van der Waals surface area contributed by atoms with Gasteiger partial charge < -0.3 is 25.2 Å². The quantitative estimate of drug-likeness (QED) is 0.499. The van der Waals surface area contributed by atoms with Crippen molar-refractivity contribution >= 4 is 39.5 Å². The standard InChI is InChI=1S/C20H23N3O5S.C2H2O4/c1-15(24)21-17-6-8-19(9-7-17)29(26,27)23-12-10-22(11-13-23)20(25)16-4-3-5-18(14-16)28-2;3-1(4)2(5)6/h3-9,14H,10-13H2,1-2H3,(H,21,24);(H,3,4)(H,5,6). The lowest BCUT2D eigenvalue weighted by atomic mass is 10.1. The summed E-state index contributed by atoms with van der Waals surface area (Å²) in [5, 5.41) is 17.4. The Morgan fingerprint density at radius 2 is 1.49 bits per heavy atom. The van der Waals surface area contributed by atoms with E-state index in [4.69, 9.17) is 24.5 Å². The highest BCUT2D eigenvalue weighted by Gasteiger charge is 2.30. The van der Waals surface area contributed by atoms with Gasteiger partial charge in [0.05, 0.1) is 12.0 Å². The van der Waals surface area contributed by atoms with Crippen molar-refractivity contribution in [3.63, 3.8) is 0 Å². The van der Waals surface area contributed by atoms with Crippen LogP contribution in [-0.2, 0) is 24.4 Å². The molecule has 13 heteroatoms. The fraction of sp³-hybridized carbons (Fsp3) is 0.273. The lowest BCUT2D eigenvalue weighted by molar-refractivity contribution is -0.159. The Morgan fingerprint density at radius 3 is 1.97 bits per heavy atom. The average molecular weight is 508 g/mol. The van der Waals surface area contributed by atoms with Gasteiger partial charge in [0.15, 0.2) is 0 Å². The zero-order valence-corrected chi connectivity index (χ0v) is 19.8. The molecule has 2 aromatic carbocycles. The van der Waals surface area contributed by atoms with Crippen LogP contribution in [0.1, 0.15) is 17.3 Å². The number of benzene rings is 2. The van der Waals surface area contributed by atoms with Gasteiger partial charge in [0.1, 0.15) is 5.75 Å². The summed E-state index contributed by atoms with van der Waals surface area (Å²) in [7, 11) is -2.13. The molecule has 0 aliphatic carbocycles. The van der Waals surface area contributed by atoms with Crippen LogP contribution in [0, 0.1) is 0 Å². The van der Waals surface area contributed by atoms with Crippen LogP contribution in [-0.4, -0.2) is 84.9 Å². The molecule has 1 aliphatic rings. The minimum Gasteiger partial charge on any atom is -0.497 e. The highest BCUT2D eigenvalue weighted by Crippen LogP contribution is 2.21. The summed E-state index contributed by atoms with van der Waals surface area (Å²) in [6, 6.07) is 12.9. The maximum absolute atomic E-state index is 12.9. The number of carbonyl (C=O) groups excluding carboxylic acids is 2. The third-order valence-electron chi connectivity index (χ3n) is 4.84. The van der Waals surface area contributed by atoms with Crippen LogP contribution in [0.3, 0.4) is 0 Å². The summed E-state index contributed by atoms with van der Waals surface area (Å²) in [6.07, 6.45) is 0. The van der Waals surface area contributed by atoms with E-state index in [2.05, 4.69) is 5.32 Å². The topological polar surface area (TPSA) is 171 Å². The number of carbonyl (C=O) groups is 4. The number of anilines is 1. The van der Waals surface area contributed by atoms with Crippen molar-refractivity contribution in [1.29, 1.82) is 0 Å². The van der Waals surface area contributed by atoms with E-state index in [1.807, 2.05) is 0 Å². The zero-order valence-electron chi connectivity index (χ0n) is 19.0. The summed E-state index contributed by atoms with van der Waals surface area (Å²) in [4.78, 5) is 43.8. The maximum Gasteiger partial charge on any atom is 0.414 e. The first kappa shape index (κ1) is 27.3. The Hall–Kier alpha value is -3.97. The molecule has 0 saturated carbocycles. The second-order valence-corrected chi connectivity index (χ2v) is 9.18. The van der Waals surface area contributed by atoms with Crippen molar-refractivity contribution in [2.75, 3.05) is 38.6 Å². The van der Waals surface area contributed by atoms with Crippen molar-refractivity contribution < 1.29 is 42.5 Å². The lowest BCUT2D eigenvalue weighted by Gasteiger charge is -2.34. The fourth-order valence-electron chi connectivity index (χ4n) is 3.13. The Labute approximate surface area is 201 Å². The van der Waals surface area contributed by atoms with Crippen molar-refractivity contribution in [1.82, 2.24) is 9.21 Å². The molecule has 2 aromatic rings. The first-order valence-corrected chi connectivity index (χ1v) is 11.7. The van der Waals surface area contributed by atoms with E-state index < -0.39 is 22.0 Å². The molecule has 1 aliphatic heterocycles. The van der Waals surface area contributed by atoms with Crippen LogP contribution in [0.4, 0.5) is 5.69 Å². The molecule has 2 amide bonds. The molecule has 0 unspecified atom stereocenters. The Morgan fingerprint density at radius 1 is 0.914 bits per heavy atom. The van der Waals surface area contributed by atoms with E-state index in [-0.39, 0.29) is 29.8 Å². The number of hydrogen-bond acceptors (Lipinski definition) is 7. The van der Waals surface area contributed by atoms with E-state index in [9.17, 15) is 18.0 Å². The minimum atomic E-state index is -3.67. The van der Waals surface area contributed by atoms with Crippen LogP contribution >= 0.6 is 0 Å². The number of amides is 2. The number of hydrogen-bond donors (Lipinski definition) is 3. The van der Waals surface area contributed by atoms with Crippen LogP contribution in [0.15, 0.2) is 53.4 Å². The van der Waals surface area contributed by atoms with Gasteiger partial charge in [-0.2, -0.15) is 4.31 Å². The van der Waals surface area contributed by atoms with E-state index in [1.54, 1.807) is 41.3 Å². The summed E-state index contributed by atoms with van der Waals surface area (Å²) in [5.41, 5.74) is 1.04. The Bertz CT molecular complexity index is 1180. The maximum atomic E-state index is 12.9. The second-order valence-electron chi connectivity index (χ2n) is 7.24. The Balaban J connectivity index is 0.000000641. The average Bonchev–Trinajstić information content (AvgIpc) is 2.84. The molecular weight excluding hydrogens is 482 g/mol. The first-order valence-electron chi connectivity index (χ1n) is 10.2. The number of ether oxygens (including phenoxy) is 1. The van der Waals surface area contributed by atoms with Crippen LogP contribution in [0.25, 0.3) is 0 Å². The van der Waals surface area contributed by atoms with Gasteiger partial charge in [-0.25, -0.2) is 18.0 Å². The first-order chi connectivity index (χ1) is 16.4. The minimum absolute atomic E-state index is 0.152. The summed E-state index contributed by atoms with van der Waals surface area (Å²) >= 11 is 0. The van der Waals surface area contributed by atoms with Gasteiger partial charge in [-0.1, -0.05) is 6.07 Å². The summed E-state index contributed by atoms with van der Waals surface area (Å²) in [5.74, 6) is -3.43. The molecule has 188 valence electrons. The van der Waals surface area contributed by atoms with Gasteiger partial charge in [0, 0.05) is 44.4 Å². The predicted molar refractivity (Wildman–Crippen MR) is 124 cm³/mol. The molecule has 3 rings (SSSR count). The van der Waals surface area contributed by atoms with Crippen molar-refractivity contribution in [2.45, 2.75) is 11.8 Å². The third kappa shape index (κ3) is 7.52. The molecule has 0 atom stereocenters. The smallest absolute Gasteiger partial charge is 0.414 e. The molecule has 1 fully saturated rings. The number of nitrogens with zero attached hydrogens (tertiary/aromatic N) is 2. The molecule has 0 spiro atoms. The van der Waals surface area contributed by atoms with Gasteiger partial charge in [0.25, 0.3) is 5.91 Å².